The third-order valence-electron chi connectivity index (χ3n) is 2.64. The lowest BCUT2D eigenvalue weighted by atomic mass is 9.96. The molecule has 0 spiro atoms. The lowest BCUT2D eigenvalue weighted by molar-refractivity contribution is -0.120. The topological polar surface area (TPSA) is 38.3 Å². The highest BCUT2D eigenvalue weighted by Crippen LogP contribution is 2.28. The normalized spacial score (nSPS) is 16.5. The van der Waals surface area contributed by atoms with Crippen LogP contribution in [-0.2, 0) is 9.53 Å². The molecule has 1 aliphatic carbocycles. The summed E-state index contributed by atoms with van der Waals surface area (Å²) in [6.45, 7) is 8.64. The van der Waals surface area contributed by atoms with Crippen LogP contribution in [0, 0.1) is 5.41 Å². The van der Waals surface area contributed by atoms with Gasteiger partial charge in [-0.15, -0.1) is 0 Å². The Labute approximate surface area is 103 Å². The molecule has 1 amide bonds. The first kappa shape index (κ1) is 13.6. The number of hydrogen-bond acceptors (Lipinski definition) is 2. The van der Waals surface area contributed by atoms with Crippen molar-refractivity contribution in [1.82, 2.24) is 5.32 Å². The molecule has 3 heteroatoms. The molecule has 0 saturated heterocycles. The summed E-state index contributed by atoms with van der Waals surface area (Å²) in [5, 5.41) is 2.57. The van der Waals surface area contributed by atoms with Crippen LogP contribution >= 0.6 is 0 Å². The van der Waals surface area contributed by atoms with Gasteiger partial charge >= 0.3 is 0 Å². The predicted molar refractivity (Wildman–Crippen MR) is 69.4 cm³/mol. The summed E-state index contributed by atoms with van der Waals surface area (Å²) in [4.78, 5) is 11.0. The van der Waals surface area contributed by atoms with Crippen molar-refractivity contribution in [1.29, 1.82) is 0 Å². The van der Waals surface area contributed by atoms with Crippen molar-refractivity contribution in [2.24, 2.45) is 5.41 Å². The van der Waals surface area contributed by atoms with Crippen LogP contribution in [0.5, 0.6) is 0 Å². The van der Waals surface area contributed by atoms with Crippen LogP contribution in [0.3, 0.4) is 0 Å². The minimum absolute atomic E-state index is 0.0101. The molecule has 0 atom stereocenters. The summed E-state index contributed by atoms with van der Waals surface area (Å²) in [6, 6.07) is 0. The summed E-state index contributed by atoms with van der Waals surface area (Å²) in [6.07, 6.45) is 7.40. The Morgan fingerprint density at radius 2 is 2.18 bits per heavy atom. The van der Waals surface area contributed by atoms with E-state index in [0.29, 0.717) is 25.2 Å². The Morgan fingerprint density at radius 1 is 1.47 bits per heavy atom. The number of hydrogen-bond donors (Lipinski definition) is 1. The maximum absolute atomic E-state index is 11.0. The third-order valence-corrected chi connectivity index (χ3v) is 2.64. The van der Waals surface area contributed by atoms with Gasteiger partial charge in [0.05, 0.1) is 5.76 Å². The van der Waals surface area contributed by atoms with Gasteiger partial charge in [-0.2, -0.15) is 0 Å². The van der Waals surface area contributed by atoms with E-state index < -0.39 is 0 Å². The molecule has 1 N–H and O–H groups in total. The number of ether oxygens (including phenoxy) is 1. The van der Waals surface area contributed by atoms with Gasteiger partial charge in [0.2, 0.25) is 5.91 Å². The molecule has 0 aliphatic heterocycles. The highest BCUT2D eigenvalue weighted by atomic mass is 16.5. The van der Waals surface area contributed by atoms with Crippen molar-refractivity contribution in [3.63, 3.8) is 0 Å². The van der Waals surface area contributed by atoms with Crippen LogP contribution in [0.25, 0.3) is 0 Å². The minimum Gasteiger partial charge on any atom is -0.494 e. The maximum atomic E-state index is 11.0. The van der Waals surface area contributed by atoms with Gasteiger partial charge in [0.25, 0.3) is 0 Å². The van der Waals surface area contributed by atoms with Gasteiger partial charge < -0.3 is 10.1 Å². The SMILES string of the molecule is C=C(CCC(=O)NC)OCC1=CC(C)(C)C=C1. The Hall–Kier alpha value is -1.51. The lowest BCUT2D eigenvalue weighted by Crippen LogP contribution is -2.17. The quantitative estimate of drug-likeness (QED) is 0.719. The van der Waals surface area contributed by atoms with E-state index in [-0.39, 0.29) is 11.3 Å². The van der Waals surface area contributed by atoms with Gasteiger partial charge in [-0.25, -0.2) is 0 Å². The van der Waals surface area contributed by atoms with E-state index in [1.54, 1.807) is 7.05 Å². The predicted octanol–water partition coefficient (Wildman–Crippen LogP) is 2.57. The van der Waals surface area contributed by atoms with Crippen LogP contribution in [0.4, 0.5) is 0 Å². The second-order valence-corrected chi connectivity index (χ2v) is 4.87. The van der Waals surface area contributed by atoms with Crippen LogP contribution in [0.2, 0.25) is 0 Å². The number of carbonyl (C=O) groups excluding carboxylic acids is 1. The van der Waals surface area contributed by atoms with E-state index in [0.717, 1.165) is 5.57 Å². The molecule has 0 bridgehead atoms. The zero-order chi connectivity index (χ0) is 12.9. The fraction of sp³-hybridized carbons (Fsp3) is 0.500. The monoisotopic (exact) mass is 235 g/mol. The van der Waals surface area contributed by atoms with Crippen molar-refractivity contribution in [3.05, 3.63) is 36.1 Å². The molecule has 1 aliphatic rings. The Balaban J connectivity index is 2.26. The smallest absolute Gasteiger partial charge is 0.220 e. The van der Waals surface area contributed by atoms with Gasteiger partial charge in [0, 0.05) is 25.3 Å². The van der Waals surface area contributed by atoms with Gasteiger partial charge in [-0.3, -0.25) is 4.79 Å². The zero-order valence-corrected chi connectivity index (χ0v) is 10.9. The van der Waals surface area contributed by atoms with Gasteiger partial charge in [0.15, 0.2) is 0 Å². The van der Waals surface area contributed by atoms with E-state index in [4.69, 9.17) is 4.74 Å². The molecule has 0 aromatic heterocycles. The summed E-state index contributed by atoms with van der Waals surface area (Å²) in [5.41, 5.74) is 1.29. The maximum Gasteiger partial charge on any atom is 0.220 e. The first-order chi connectivity index (χ1) is 7.93. The molecule has 3 nitrogen and oxygen atoms in total. The standard InChI is InChI=1S/C14H21NO2/c1-11(5-6-13(16)15-4)17-10-12-7-8-14(2,3)9-12/h7-9H,1,5-6,10H2,2-4H3,(H,15,16). The number of allylic oxidation sites excluding steroid dienone is 3. The number of carbonyl (C=O) groups is 1. The molecule has 0 aromatic rings. The van der Waals surface area contributed by atoms with Gasteiger partial charge in [-0.1, -0.05) is 38.7 Å². The summed E-state index contributed by atoms with van der Waals surface area (Å²) in [7, 11) is 1.63. The number of nitrogens with one attached hydrogen (secondary N) is 1. The van der Waals surface area contributed by atoms with E-state index in [1.165, 1.54) is 0 Å². The lowest BCUT2D eigenvalue weighted by Gasteiger charge is -2.11. The zero-order valence-electron chi connectivity index (χ0n) is 10.9. The van der Waals surface area contributed by atoms with E-state index >= 15 is 0 Å². The molecule has 17 heavy (non-hydrogen) atoms. The summed E-state index contributed by atoms with van der Waals surface area (Å²) >= 11 is 0. The highest BCUT2D eigenvalue weighted by Gasteiger charge is 2.16. The molecule has 0 heterocycles. The highest BCUT2D eigenvalue weighted by molar-refractivity contribution is 5.75. The Kier molecular flexibility index (Phi) is 4.55. The minimum atomic E-state index is 0.0101. The summed E-state index contributed by atoms with van der Waals surface area (Å²) < 4.78 is 5.52. The number of amides is 1. The first-order valence-electron chi connectivity index (χ1n) is 5.85. The second-order valence-electron chi connectivity index (χ2n) is 4.87. The van der Waals surface area contributed by atoms with Gasteiger partial charge in [-0.05, 0) is 5.57 Å². The van der Waals surface area contributed by atoms with Crippen molar-refractivity contribution >= 4 is 5.91 Å². The van der Waals surface area contributed by atoms with Crippen LogP contribution in [0.15, 0.2) is 36.1 Å². The van der Waals surface area contributed by atoms with Crippen molar-refractivity contribution < 1.29 is 9.53 Å². The molecule has 1 rings (SSSR count). The van der Waals surface area contributed by atoms with E-state index in [2.05, 4.69) is 44.0 Å². The summed E-state index contributed by atoms with van der Waals surface area (Å²) in [5.74, 6) is 0.670. The average molecular weight is 235 g/mol. The number of rotatable bonds is 6. The first-order valence-corrected chi connectivity index (χ1v) is 5.85. The molecular formula is C14H21NO2. The molecule has 0 unspecified atom stereocenters. The molecule has 0 fully saturated rings. The Bertz CT molecular complexity index is 364. The van der Waals surface area contributed by atoms with Crippen LogP contribution < -0.4 is 5.32 Å². The van der Waals surface area contributed by atoms with Gasteiger partial charge in [0.1, 0.15) is 6.61 Å². The fourth-order valence-corrected chi connectivity index (χ4v) is 1.62. The van der Waals surface area contributed by atoms with E-state index in [1.807, 2.05) is 0 Å². The molecular weight excluding hydrogens is 214 g/mol. The van der Waals surface area contributed by atoms with Crippen molar-refractivity contribution in [2.75, 3.05) is 13.7 Å². The molecule has 0 aromatic carbocycles. The largest absolute Gasteiger partial charge is 0.494 e. The molecule has 0 saturated carbocycles. The Morgan fingerprint density at radius 3 is 2.71 bits per heavy atom. The van der Waals surface area contributed by atoms with Crippen LogP contribution in [0.1, 0.15) is 26.7 Å². The average Bonchev–Trinajstić information content (AvgIpc) is 2.63. The van der Waals surface area contributed by atoms with Crippen LogP contribution in [-0.4, -0.2) is 19.6 Å². The fourth-order valence-electron chi connectivity index (χ4n) is 1.62. The van der Waals surface area contributed by atoms with Crippen molar-refractivity contribution in [2.45, 2.75) is 26.7 Å². The van der Waals surface area contributed by atoms with E-state index in [9.17, 15) is 4.79 Å². The second kappa shape index (κ2) is 5.71. The molecule has 0 radical (unpaired) electrons. The third kappa shape index (κ3) is 4.89. The molecule has 94 valence electrons. The van der Waals surface area contributed by atoms with Crippen molar-refractivity contribution in [3.8, 4) is 0 Å².